The van der Waals surface area contributed by atoms with E-state index in [4.69, 9.17) is 0 Å². The van der Waals surface area contributed by atoms with Gasteiger partial charge in [-0.05, 0) is 42.9 Å². The Morgan fingerprint density at radius 1 is 1.43 bits per heavy atom. The highest BCUT2D eigenvalue weighted by Gasteiger charge is 2.31. The van der Waals surface area contributed by atoms with E-state index >= 15 is 0 Å². The first-order chi connectivity index (χ1) is 9.76. The molecule has 0 spiro atoms. The van der Waals surface area contributed by atoms with Crippen LogP contribution >= 0.6 is 38.6 Å². The fraction of sp³-hybridized carbons (Fsp3) is 0.417. The number of thiazole rings is 1. The molecule has 0 radical (unpaired) electrons. The van der Waals surface area contributed by atoms with E-state index in [9.17, 15) is 8.42 Å². The zero-order chi connectivity index (χ0) is 15.7. The van der Waals surface area contributed by atoms with Gasteiger partial charge in [0.05, 0.1) is 9.33 Å². The lowest BCUT2D eigenvalue weighted by molar-refractivity contribution is 0.470. The summed E-state index contributed by atoms with van der Waals surface area (Å²) in [5, 5.41) is 5.57. The number of rotatable bonds is 6. The number of hydrogen-bond donors (Lipinski definition) is 2. The molecule has 0 aliphatic carbocycles. The summed E-state index contributed by atoms with van der Waals surface area (Å²) in [5.41, 5.74) is -0.752. The van der Waals surface area contributed by atoms with E-state index in [2.05, 4.69) is 31.0 Å². The van der Waals surface area contributed by atoms with Crippen LogP contribution in [0.25, 0.3) is 0 Å². The number of hydrogen-bond acceptors (Lipinski definition) is 6. The summed E-state index contributed by atoms with van der Waals surface area (Å²) in [6.45, 7) is 4.24. The summed E-state index contributed by atoms with van der Waals surface area (Å²) in [6, 6.07) is 1.69. The molecule has 2 rings (SSSR count). The van der Waals surface area contributed by atoms with Crippen LogP contribution in [0, 0.1) is 0 Å². The molecular formula is C12H16BrN3O2S3. The largest absolute Gasteiger partial charge is 0.315 e. The van der Waals surface area contributed by atoms with Crippen LogP contribution in [-0.2, 0) is 22.1 Å². The molecule has 116 valence electrons. The molecule has 21 heavy (non-hydrogen) atoms. The Hall–Kier alpha value is -0.320. The summed E-state index contributed by atoms with van der Waals surface area (Å²) in [4.78, 5) is 5.42. The first-order valence-corrected chi connectivity index (χ1v) is 10.1. The highest BCUT2D eigenvalue weighted by atomic mass is 79.9. The van der Waals surface area contributed by atoms with Crippen molar-refractivity contribution in [3.63, 3.8) is 0 Å². The van der Waals surface area contributed by atoms with Crippen molar-refractivity contribution < 1.29 is 8.42 Å². The Labute approximate surface area is 141 Å². The SMILES string of the molecule is CNCc1cc(S(=O)(=O)NC(C)(C)c2nccs2)c(Br)s1. The predicted octanol–water partition coefficient (Wildman–Crippen LogP) is 2.90. The molecule has 2 heterocycles. The molecule has 0 bridgehead atoms. The van der Waals surface area contributed by atoms with Gasteiger partial charge in [0.15, 0.2) is 0 Å². The maximum Gasteiger partial charge on any atom is 0.243 e. The molecule has 0 amide bonds. The van der Waals surface area contributed by atoms with Crippen molar-refractivity contribution >= 4 is 48.6 Å². The number of thiophene rings is 1. The van der Waals surface area contributed by atoms with E-state index in [0.29, 0.717) is 10.3 Å². The van der Waals surface area contributed by atoms with Crippen LogP contribution in [-0.4, -0.2) is 20.4 Å². The monoisotopic (exact) mass is 409 g/mol. The van der Waals surface area contributed by atoms with Crippen molar-refractivity contribution in [3.8, 4) is 0 Å². The Morgan fingerprint density at radius 2 is 2.14 bits per heavy atom. The van der Waals surface area contributed by atoms with Gasteiger partial charge >= 0.3 is 0 Å². The molecule has 0 unspecified atom stereocenters. The number of nitrogens with one attached hydrogen (secondary N) is 2. The molecule has 2 aromatic heterocycles. The number of sulfonamides is 1. The van der Waals surface area contributed by atoms with Gasteiger partial charge in [-0.1, -0.05) is 0 Å². The summed E-state index contributed by atoms with van der Waals surface area (Å²) in [7, 11) is -1.79. The lowest BCUT2D eigenvalue weighted by Gasteiger charge is -2.23. The standard InChI is InChI=1S/C12H16BrN3O2S3/c1-12(2,11-15-4-5-19-11)16-21(17,18)9-6-8(7-14-3)20-10(9)13/h4-6,14,16H,7H2,1-3H3. The topological polar surface area (TPSA) is 71.1 Å². The third-order valence-electron chi connectivity index (χ3n) is 2.70. The normalized spacial score (nSPS) is 12.8. The second-order valence-corrected chi connectivity index (χ2v) is 9.95. The van der Waals surface area contributed by atoms with Gasteiger partial charge in [0.25, 0.3) is 0 Å². The van der Waals surface area contributed by atoms with Gasteiger partial charge in [0, 0.05) is 23.0 Å². The first-order valence-electron chi connectivity index (χ1n) is 6.13. The molecule has 5 nitrogen and oxygen atoms in total. The molecule has 0 saturated heterocycles. The molecule has 9 heteroatoms. The van der Waals surface area contributed by atoms with Gasteiger partial charge in [-0.15, -0.1) is 22.7 Å². The van der Waals surface area contributed by atoms with Crippen LogP contribution < -0.4 is 10.0 Å². The molecule has 0 saturated carbocycles. The molecular weight excluding hydrogens is 394 g/mol. The lowest BCUT2D eigenvalue weighted by atomic mass is 10.1. The molecule has 2 N–H and O–H groups in total. The van der Waals surface area contributed by atoms with Crippen LogP contribution in [0.4, 0.5) is 0 Å². The van der Waals surface area contributed by atoms with Crippen LogP contribution in [0.2, 0.25) is 0 Å². The quantitative estimate of drug-likeness (QED) is 0.768. The highest BCUT2D eigenvalue weighted by Crippen LogP contribution is 2.33. The molecule has 0 fully saturated rings. The van der Waals surface area contributed by atoms with E-state index in [0.717, 1.165) is 9.88 Å². The predicted molar refractivity (Wildman–Crippen MR) is 90.2 cm³/mol. The van der Waals surface area contributed by atoms with Crippen LogP contribution in [0.5, 0.6) is 0 Å². The molecule has 0 aliphatic rings. The Morgan fingerprint density at radius 3 is 2.71 bits per heavy atom. The number of nitrogens with zero attached hydrogens (tertiary/aromatic N) is 1. The van der Waals surface area contributed by atoms with E-state index in [1.807, 2.05) is 12.4 Å². The van der Waals surface area contributed by atoms with Crippen molar-refractivity contribution in [2.45, 2.75) is 30.8 Å². The maximum atomic E-state index is 12.6. The third-order valence-corrected chi connectivity index (χ3v) is 7.71. The van der Waals surface area contributed by atoms with Crippen molar-refractivity contribution in [2.75, 3.05) is 7.05 Å². The Bertz CT molecular complexity index is 708. The minimum atomic E-state index is -3.62. The van der Waals surface area contributed by atoms with Gasteiger partial charge in [-0.2, -0.15) is 4.72 Å². The fourth-order valence-corrected chi connectivity index (χ4v) is 6.67. The summed E-state index contributed by atoms with van der Waals surface area (Å²) in [5.74, 6) is 0. The summed E-state index contributed by atoms with van der Waals surface area (Å²) in [6.07, 6.45) is 1.67. The van der Waals surface area contributed by atoms with Gasteiger partial charge in [0.2, 0.25) is 10.0 Å². The third kappa shape index (κ3) is 3.91. The summed E-state index contributed by atoms with van der Waals surface area (Å²) >= 11 is 6.18. The van der Waals surface area contributed by atoms with Crippen molar-refractivity contribution in [1.82, 2.24) is 15.0 Å². The number of aromatic nitrogens is 1. The average molecular weight is 410 g/mol. The molecule has 0 aromatic carbocycles. The molecule has 2 aromatic rings. The van der Waals surface area contributed by atoms with Gasteiger partial charge in [-0.3, -0.25) is 0 Å². The second kappa shape index (κ2) is 6.43. The van der Waals surface area contributed by atoms with E-state index in [1.54, 1.807) is 26.1 Å². The Balaban J connectivity index is 2.30. The van der Waals surface area contributed by atoms with Crippen molar-refractivity contribution in [2.24, 2.45) is 0 Å². The zero-order valence-electron chi connectivity index (χ0n) is 11.8. The second-order valence-electron chi connectivity index (χ2n) is 4.95. The summed E-state index contributed by atoms with van der Waals surface area (Å²) < 4.78 is 28.5. The first kappa shape index (κ1) is 17.0. The number of halogens is 1. The van der Waals surface area contributed by atoms with Crippen molar-refractivity contribution in [1.29, 1.82) is 0 Å². The van der Waals surface area contributed by atoms with Crippen LogP contribution in [0.1, 0.15) is 23.7 Å². The minimum Gasteiger partial charge on any atom is -0.315 e. The average Bonchev–Trinajstić information content (AvgIpc) is 2.98. The maximum absolute atomic E-state index is 12.6. The molecule has 0 atom stereocenters. The fourth-order valence-electron chi connectivity index (χ4n) is 1.81. The minimum absolute atomic E-state index is 0.266. The van der Waals surface area contributed by atoms with E-state index in [1.165, 1.54) is 22.7 Å². The Kier molecular flexibility index (Phi) is 5.22. The zero-order valence-corrected chi connectivity index (χ0v) is 15.8. The highest BCUT2D eigenvalue weighted by molar-refractivity contribution is 9.11. The van der Waals surface area contributed by atoms with Gasteiger partial charge in [-0.25, -0.2) is 13.4 Å². The van der Waals surface area contributed by atoms with Gasteiger partial charge < -0.3 is 5.32 Å². The lowest BCUT2D eigenvalue weighted by Crippen LogP contribution is -2.40. The van der Waals surface area contributed by atoms with Gasteiger partial charge in [0.1, 0.15) is 9.90 Å². The molecule has 0 aliphatic heterocycles. The smallest absolute Gasteiger partial charge is 0.243 e. The van der Waals surface area contributed by atoms with Crippen molar-refractivity contribution in [3.05, 3.63) is 31.3 Å². The van der Waals surface area contributed by atoms with Crippen LogP contribution in [0.15, 0.2) is 26.3 Å². The van der Waals surface area contributed by atoms with E-state index in [-0.39, 0.29) is 4.90 Å². The van der Waals surface area contributed by atoms with Crippen LogP contribution in [0.3, 0.4) is 0 Å². The van der Waals surface area contributed by atoms with E-state index < -0.39 is 15.6 Å².